The SMILES string of the molecule is CC(O)c1cccc(Nc2nn(C3CCCCC3C#N)c3cc[nH]c(=O)c23)c1. The average Bonchev–Trinajstić information content (AvgIpc) is 3.07. The number of hydrogen-bond acceptors (Lipinski definition) is 5. The van der Waals surface area contributed by atoms with Gasteiger partial charge >= 0.3 is 0 Å². The van der Waals surface area contributed by atoms with Crippen molar-refractivity contribution in [1.82, 2.24) is 14.8 Å². The van der Waals surface area contributed by atoms with Gasteiger partial charge in [-0.25, -0.2) is 0 Å². The number of pyridine rings is 1. The molecule has 3 atom stereocenters. The maximum atomic E-state index is 12.6. The average molecular weight is 377 g/mol. The summed E-state index contributed by atoms with van der Waals surface area (Å²) >= 11 is 0. The van der Waals surface area contributed by atoms with Gasteiger partial charge in [-0.2, -0.15) is 10.4 Å². The molecule has 3 N–H and O–H groups in total. The van der Waals surface area contributed by atoms with E-state index in [2.05, 4.69) is 16.4 Å². The largest absolute Gasteiger partial charge is 0.389 e. The van der Waals surface area contributed by atoms with Crippen molar-refractivity contribution in [2.24, 2.45) is 5.92 Å². The molecule has 3 aromatic rings. The van der Waals surface area contributed by atoms with Crippen molar-refractivity contribution < 1.29 is 5.11 Å². The third kappa shape index (κ3) is 3.27. The van der Waals surface area contributed by atoms with Crippen LogP contribution in [0.4, 0.5) is 11.5 Å². The minimum absolute atomic E-state index is 0.0394. The number of H-pyrrole nitrogens is 1. The zero-order valence-corrected chi connectivity index (χ0v) is 15.7. The highest BCUT2D eigenvalue weighted by Gasteiger charge is 2.29. The fourth-order valence-corrected chi connectivity index (χ4v) is 4.01. The Balaban J connectivity index is 1.80. The molecule has 3 unspecified atom stereocenters. The molecule has 0 bridgehead atoms. The predicted molar refractivity (Wildman–Crippen MR) is 107 cm³/mol. The molecule has 2 heterocycles. The van der Waals surface area contributed by atoms with Gasteiger partial charge in [0.2, 0.25) is 0 Å². The zero-order valence-electron chi connectivity index (χ0n) is 15.7. The summed E-state index contributed by atoms with van der Waals surface area (Å²) in [6, 6.07) is 11.6. The van der Waals surface area contributed by atoms with Gasteiger partial charge in [0.25, 0.3) is 5.56 Å². The van der Waals surface area contributed by atoms with Crippen LogP contribution in [0.2, 0.25) is 0 Å². The van der Waals surface area contributed by atoms with Crippen LogP contribution in [-0.2, 0) is 0 Å². The summed E-state index contributed by atoms with van der Waals surface area (Å²) in [6.45, 7) is 1.71. The number of aliphatic hydroxyl groups is 1. The van der Waals surface area contributed by atoms with Gasteiger partial charge in [0.05, 0.1) is 29.6 Å². The number of rotatable bonds is 4. The molecule has 7 heteroatoms. The number of aromatic nitrogens is 3. The minimum Gasteiger partial charge on any atom is -0.389 e. The molecule has 0 saturated heterocycles. The predicted octanol–water partition coefficient (Wildman–Crippen LogP) is 3.78. The van der Waals surface area contributed by atoms with E-state index in [-0.39, 0.29) is 17.5 Å². The van der Waals surface area contributed by atoms with E-state index in [1.165, 1.54) is 0 Å². The Morgan fingerprint density at radius 1 is 1.36 bits per heavy atom. The van der Waals surface area contributed by atoms with Gasteiger partial charge in [0, 0.05) is 11.9 Å². The van der Waals surface area contributed by atoms with E-state index >= 15 is 0 Å². The van der Waals surface area contributed by atoms with E-state index < -0.39 is 6.10 Å². The molecule has 1 aliphatic carbocycles. The van der Waals surface area contributed by atoms with Crippen molar-refractivity contribution >= 4 is 22.4 Å². The molecule has 4 rings (SSSR count). The molecule has 0 aliphatic heterocycles. The van der Waals surface area contributed by atoms with Crippen molar-refractivity contribution in [2.75, 3.05) is 5.32 Å². The van der Waals surface area contributed by atoms with Gasteiger partial charge in [0.15, 0.2) is 5.82 Å². The van der Waals surface area contributed by atoms with Crippen molar-refractivity contribution in [3.63, 3.8) is 0 Å². The van der Waals surface area contributed by atoms with Crippen LogP contribution < -0.4 is 10.9 Å². The number of aromatic amines is 1. The first-order valence-corrected chi connectivity index (χ1v) is 9.63. The number of nitrogens with zero attached hydrogens (tertiary/aromatic N) is 3. The zero-order chi connectivity index (χ0) is 19.7. The molecule has 0 spiro atoms. The van der Waals surface area contributed by atoms with Gasteiger partial charge < -0.3 is 15.4 Å². The normalized spacial score (nSPS) is 20.6. The third-order valence-electron chi connectivity index (χ3n) is 5.47. The lowest BCUT2D eigenvalue weighted by Crippen LogP contribution is -2.23. The van der Waals surface area contributed by atoms with E-state index in [1.54, 1.807) is 13.1 Å². The van der Waals surface area contributed by atoms with E-state index in [4.69, 9.17) is 5.10 Å². The summed E-state index contributed by atoms with van der Waals surface area (Å²) in [5.74, 6) is 0.351. The third-order valence-corrected chi connectivity index (χ3v) is 5.47. The highest BCUT2D eigenvalue weighted by molar-refractivity contribution is 5.91. The van der Waals surface area contributed by atoms with Crippen LogP contribution >= 0.6 is 0 Å². The molecular formula is C21H23N5O2. The first-order chi connectivity index (χ1) is 13.6. The number of aliphatic hydroxyl groups excluding tert-OH is 1. The van der Waals surface area contributed by atoms with Gasteiger partial charge in [-0.3, -0.25) is 9.48 Å². The number of fused-ring (bicyclic) bond motifs is 1. The molecule has 2 aromatic heterocycles. The van der Waals surface area contributed by atoms with E-state index in [0.717, 1.165) is 42.5 Å². The number of benzene rings is 1. The summed E-state index contributed by atoms with van der Waals surface area (Å²) in [5.41, 5.74) is 2.03. The lowest BCUT2D eigenvalue weighted by atomic mass is 9.85. The Labute approximate surface area is 162 Å². The Kier molecular flexibility index (Phi) is 4.88. The quantitative estimate of drug-likeness (QED) is 0.641. The number of nitrogens with one attached hydrogen (secondary N) is 2. The van der Waals surface area contributed by atoms with Crippen LogP contribution in [0, 0.1) is 17.2 Å². The van der Waals surface area contributed by atoms with Crippen LogP contribution in [0.15, 0.2) is 41.3 Å². The fraction of sp³-hybridized carbons (Fsp3) is 0.381. The topological polar surface area (TPSA) is 107 Å². The Morgan fingerprint density at radius 3 is 2.96 bits per heavy atom. The number of anilines is 2. The summed E-state index contributed by atoms with van der Waals surface area (Å²) in [5, 5.41) is 27.8. The number of nitriles is 1. The highest BCUT2D eigenvalue weighted by atomic mass is 16.3. The smallest absolute Gasteiger partial charge is 0.261 e. The van der Waals surface area contributed by atoms with Crippen molar-refractivity contribution in [1.29, 1.82) is 5.26 Å². The Hall–Kier alpha value is -3.11. The van der Waals surface area contributed by atoms with E-state index in [1.807, 2.05) is 35.0 Å². The maximum Gasteiger partial charge on any atom is 0.261 e. The van der Waals surface area contributed by atoms with Crippen LogP contribution in [0.5, 0.6) is 0 Å². The molecule has 1 aliphatic rings. The summed E-state index contributed by atoms with van der Waals surface area (Å²) in [7, 11) is 0. The minimum atomic E-state index is -0.585. The van der Waals surface area contributed by atoms with Gasteiger partial charge in [0.1, 0.15) is 5.39 Å². The molecule has 144 valence electrons. The van der Waals surface area contributed by atoms with E-state index in [9.17, 15) is 15.2 Å². The second kappa shape index (κ2) is 7.49. The summed E-state index contributed by atoms with van der Waals surface area (Å²) in [4.78, 5) is 15.3. The van der Waals surface area contributed by atoms with Crippen molar-refractivity contribution in [2.45, 2.75) is 44.8 Å². The van der Waals surface area contributed by atoms with E-state index in [0.29, 0.717) is 11.2 Å². The van der Waals surface area contributed by atoms with Crippen molar-refractivity contribution in [3.8, 4) is 6.07 Å². The van der Waals surface area contributed by atoms with Crippen LogP contribution in [-0.4, -0.2) is 19.9 Å². The summed E-state index contributed by atoms with van der Waals surface area (Å²) < 4.78 is 1.85. The highest BCUT2D eigenvalue weighted by Crippen LogP contribution is 2.36. The van der Waals surface area contributed by atoms with Crippen LogP contribution in [0.25, 0.3) is 10.9 Å². The molecule has 0 radical (unpaired) electrons. The second-order valence-corrected chi connectivity index (χ2v) is 7.37. The maximum absolute atomic E-state index is 12.6. The second-order valence-electron chi connectivity index (χ2n) is 7.37. The monoisotopic (exact) mass is 377 g/mol. The lowest BCUT2D eigenvalue weighted by molar-refractivity contribution is 0.199. The standard InChI is InChI=1S/C21H23N5O2/c1-13(27)14-6-4-7-16(11-14)24-20-19-18(9-10-23-21(19)28)26(25-20)17-8-3-2-5-15(17)12-22/h4,6-7,9-11,13,15,17,27H,2-3,5,8H2,1H3,(H,23,28)(H,24,25). The van der Waals surface area contributed by atoms with Crippen LogP contribution in [0.1, 0.15) is 50.3 Å². The first-order valence-electron chi connectivity index (χ1n) is 9.63. The van der Waals surface area contributed by atoms with Crippen molar-refractivity contribution in [3.05, 3.63) is 52.4 Å². The Bertz CT molecular complexity index is 1090. The molecule has 1 fully saturated rings. The van der Waals surface area contributed by atoms with Gasteiger partial charge in [-0.15, -0.1) is 0 Å². The van der Waals surface area contributed by atoms with Crippen LogP contribution in [0.3, 0.4) is 0 Å². The molecule has 1 aromatic carbocycles. The fourth-order valence-electron chi connectivity index (χ4n) is 4.01. The number of hydrogen-bond donors (Lipinski definition) is 3. The lowest BCUT2D eigenvalue weighted by Gasteiger charge is -2.27. The molecule has 0 amide bonds. The Morgan fingerprint density at radius 2 is 2.18 bits per heavy atom. The molecule has 28 heavy (non-hydrogen) atoms. The van der Waals surface area contributed by atoms with Gasteiger partial charge in [-0.05, 0) is 43.5 Å². The van der Waals surface area contributed by atoms with Gasteiger partial charge in [-0.1, -0.05) is 25.0 Å². The summed E-state index contributed by atoms with van der Waals surface area (Å²) in [6.07, 6.45) is 4.85. The molecular weight excluding hydrogens is 354 g/mol. The molecule has 1 saturated carbocycles. The first kappa shape index (κ1) is 18.3. The molecule has 7 nitrogen and oxygen atoms in total.